The lowest BCUT2D eigenvalue weighted by molar-refractivity contribution is 0.331. The molecule has 1 N–H and O–H groups in total. The Hall–Kier alpha value is -1.32. The summed E-state index contributed by atoms with van der Waals surface area (Å²) in [7, 11) is 4.13. The van der Waals surface area contributed by atoms with Crippen molar-refractivity contribution in [3.8, 4) is 0 Å². The van der Waals surface area contributed by atoms with Crippen LogP contribution in [0.15, 0.2) is 53.0 Å². The van der Waals surface area contributed by atoms with Crippen LogP contribution in [0.3, 0.4) is 0 Å². The van der Waals surface area contributed by atoms with E-state index in [4.69, 9.17) is 0 Å². The molecule has 0 aliphatic rings. The Morgan fingerprint density at radius 3 is 2.55 bits per heavy atom. The Labute approximate surface area is 129 Å². The molecule has 0 unspecified atom stereocenters. The first-order valence-corrected chi connectivity index (χ1v) is 7.66. The Bertz CT molecular complexity index is 554. The molecule has 20 heavy (non-hydrogen) atoms. The van der Waals surface area contributed by atoms with Gasteiger partial charge in [0.05, 0.1) is 0 Å². The minimum Gasteiger partial charge on any atom is -0.388 e. The van der Waals surface area contributed by atoms with Gasteiger partial charge < -0.3 is 10.2 Å². The van der Waals surface area contributed by atoms with Crippen LogP contribution in [-0.4, -0.2) is 25.5 Å². The highest BCUT2D eigenvalue weighted by atomic mass is 79.9. The van der Waals surface area contributed by atoms with Crippen LogP contribution in [0, 0.1) is 0 Å². The summed E-state index contributed by atoms with van der Waals surface area (Å²) >= 11 is 3.52. The Kier molecular flexibility index (Phi) is 5.62. The smallest absolute Gasteiger partial charge is 0.0340 e. The van der Waals surface area contributed by atoms with E-state index in [1.807, 2.05) is 7.05 Å². The molecular formula is C17H21BrN2. The minimum atomic E-state index is 0.976. The van der Waals surface area contributed by atoms with Gasteiger partial charge in [0.2, 0.25) is 0 Å². The van der Waals surface area contributed by atoms with Crippen LogP contribution in [0.5, 0.6) is 0 Å². The molecule has 2 aromatic carbocycles. The summed E-state index contributed by atoms with van der Waals surface area (Å²) in [6, 6.07) is 17.1. The van der Waals surface area contributed by atoms with Gasteiger partial charge in [-0.25, -0.2) is 0 Å². The van der Waals surface area contributed by atoms with Gasteiger partial charge in [-0.05, 0) is 48.9 Å². The maximum Gasteiger partial charge on any atom is 0.0340 e. The van der Waals surface area contributed by atoms with Gasteiger partial charge in [-0.3, -0.25) is 0 Å². The van der Waals surface area contributed by atoms with Crippen molar-refractivity contribution in [2.24, 2.45) is 0 Å². The van der Waals surface area contributed by atoms with Gasteiger partial charge in [0, 0.05) is 30.3 Å². The molecule has 0 fully saturated rings. The van der Waals surface area contributed by atoms with Gasteiger partial charge in [0.1, 0.15) is 0 Å². The van der Waals surface area contributed by atoms with E-state index in [0.717, 1.165) is 24.0 Å². The molecule has 0 atom stereocenters. The average Bonchev–Trinajstić information content (AvgIpc) is 2.45. The topological polar surface area (TPSA) is 15.3 Å². The molecule has 0 aromatic heterocycles. The number of nitrogens with zero attached hydrogens (tertiary/aromatic N) is 1. The Morgan fingerprint density at radius 1 is 1.05 bits per heavy atom. The number of hydrogen-bond acceptors (Lipinski definition) is 2. The van der Waals surface area contributed by atoms with Crippen molar-refractivity contribution in [1.82, 2.24) is 4.90 Å². The zero-order valence-corrected chi connectivity index (χ0v) is 13.7. The summed E-state index contributed by atoms with van der Waals surface area (Å²) < 4.78 is 1.15. The molecule has 0 heterocycles. The molecule has 2 rings (SSSR count). The third kappa shape index (κ3) is 4.66. The third-order valence-corrected chi connectivity index (χ3v) is 3.83. The standard InChI is InChI=1S/C17H21BrN2/c1-19-17-8-4-6-15(12-17)13-20(2)10-9-14-5-3-7-16(18)11-14/h3-8,11-12,19H,9-10,13H2,1-2H3. The number of hydrogen-bond donors (Lipinski definition) is 1. The van der Waals surface area contributed by atoms with Crippen molar-refractivity contribution in [2.45, 2.75) is 13.0 Å². The van der Waals surface area contributed by atoms with Crippen molar-refractivity contribution < 1.29 is 0 Å². The molecule has 0 aliphatic heterocycles. The molecule has 0 aliphatic carbocycles. The summed E-state index contributed by atoms with van der Waals surface area (Å²) in [6.45, 7) is 2.03. The van der Waals surface area contributed by atoms with E-state index < -0.39 is 0 Å². The fraction of sp³-hybridized carbons (Fsp3) is 0.294. The van der Waals surface area contributed by atoms with E-state index >= 15 is 0 Å². The van der Waals surface area contributed by atoms with Crippen molar-refractivity contribution in [3.63, 3.8) is 0 Å². The lowest BCUT2D eigenvalue weighted by Crippen LogP contribution is -2.20. The largest absolute Gasteiger partial charge is 0.388 e. The predicted octanol–water partition coefficient (Wildman–Crippen LogP) is 4.17. The second-order valence-electron chi connectivity index (χ2n) is 5.07. The van der Waals surface area contributed by atoms with Crippen molar-refractivity contribution in [2.75, 3.05) is 26.0 Å². The Balaban J connectivity index is 1.87. The molecule has 0 amide bonds. The van der Waals surface area contributed by atoms with Gasteiger partial charge in [-0.2, -0.15) is 0 Å². The highest BCUT2D eigenvalue weighted by Crippen LogP contribution is 2.14. The maximum absolute atomic E-state index is 3.52. The first kappa shape index (κ1) is 15.1. The lowest BCUT2D eigenvalue weighted by Gasteiger charge is -2.17. The second-order valence-corrected chi connectivity index (χ2v) is 5.98. The summed E-state index contributed by atoms with van der Waals surface area (Å²) in [5, 5.41) is 3.18. The third-order valence-electron chi connectivity index (χ3n) is 3.34. The van der Waals surface area contributed by atoms with Crippen LogP contribution in [-0.2, 0) is 13.0 Å². The van der Waals surface area contributed by atoms with E-state index in [0.29, 0.717) is 0 Å². The van der Waals surface area contributed by atoms with Crippen LogP contribution >= 0.6 is 15.9 Å². The minimum absolute atomic E-state index is 0.976. The van der Waals surface area contributed by atoms with E-state index in [-0.39, 0.29) is 0 Å². The fourth-order valence-electron chi connectivity index (χ4n) is 2.23. The molecular weight excluding hydrogens is 312 g/mol. The van der Waals surface area contributed by atoms with E-state index in [2.05, 4.69) is 81.7 Å². The monoisotopic (exact) mass is 332 g/mol. The van der Waals surface area contributed by atoms with Gasteiger partial charge in [-0.1, -0.05) is 40.2 Å². The van der Waals surface area contributed by atoms with E-state index in [9.17, 15) is 0 Å². The van der Waals surface area contributed by atoms with Crippen LogP contribution < -0.4 is 5.32 Å². The molecule has 2 nitrogen and oxygen atoms in total. The Morgan fingerprint density at radius 2 is 1.80 bits per heavy atom. The molecule has 0 saturated carbocycles. The fourth-order valence-corrected chi connectivity index (χ4v) is 2.68. The zero-order valence-electron chi connectivity index (χ0n) is 12.1. The second kappa shape index (κ2) is 7.46. The first-order valence-electron chi connectivity index (χ1n) is 6.87. The van der Waals surface area contributed by atoms with Crippen LogP contribution in [0.2, 0.25) is 0 Å². The number of benzene rings is 2. The average molecular weight is 333 g/mol. The molecule has 0 bridgehead atoms. The summed E-state index contributed by atoms with van der Waals surface area (Å²) in [5.74, 6) is 0. The van der Waals surface area contributed by atoms with Crippen molar-refractivity contribution in [3.05, 3.63) is 64.1 Å². The van der Waals surface area contributed by atoms with Gasteiger partial charge in [-0.15, -0.1) is 0 Å². The molecule has 2 aromatic rings. The number of rotatable bonds is 6. The summed E-state index contributed by atoms with van der Waals surface area (Å²) in [4.78, 5) is 2.36. The van der Waals surface area contributed by atoms with Gasteiger partial charge in [0.15, 0.2) is 0 Å². The highest BCUT2D eigenvalue weighted by molar-refractivity contribution is 9.10. The van der Waals surface area contributed by atoms with Gasteiger partial charge >= 0.3 is 0 Å². The summed E-state index contributed by atoms with van der Waals surface area (Å²) in [5.41, 5.74) is 3.88. The highest BCUT2D eigenvalue weighted by Gasteiger charge is 2.02. The molecule has 3 heteroatoms. The predicted molar refractivity (Wildman–Crippen MR) is 90.2 cm³/mol. The number of halogens is 1. The molecule has 0 spiro atoms. The first-order chi connectivity index (χ1) is 9.67. The quantitative estimate of drug-likeness (QED) is 0.854. The van der Waals surface area contributed by atoms with Crippen molar-refractivity contribution in [1.29, 1.82) is 0 Å². The SMILES string of the molecule is CNc1cccc(CN(C)CCc2cccc(Br)c2)c1. The molecule has 106 valence electrons. The molecule has 0 saturated heterocycles. The lowest BCUT2D eigenvalue weighted by atomic mass is 10.1. The zero-order chi connectivity index (χ0) is 14.4. The maximum atomic E-state index is 3.52. The van der Waals surface area contributed by atoms with Crippen LogP contribution in [0.25, 0.3) is 0 Å². The number of likely N-dealkylation sites (N-methyl/N-ethyl adjacent to an activating group) is 1. The molecule has 0 radical (unpaired) electrons. The van der Waals surface area contributed by atoms with Crippen LogP contribution in [0.1, 0.15) is 11.1 Å². The normalized spacial score (nSPS) is 10.8. The summed E-state index contributed by atoms with van der Waals surface area (Å²) in [6.07, 6.45) is 1.07. The number of anilines is 1. The van der Waals surface area contributed by atoms with E-state index in [1.54, 1.807) is 0 Å². The van der Waals surface area contributed by atoms with Crippen molar-refractivity contribution >= 4 is 21.6 Å². The van der Waals surface area contributed by atoms with Crippen LogP contribution in [0.4, 0.5) is 5.69 Å². The van der Waals surface area contributed by atoms with E-state index in [1.165, 1.54) is 16.8 Å². The van der Waals surface area contributed by atoms with Gasteiger partial charge in [0.25, 0.3) is 0 Å². The number of nitrogens with one attached hydrogen (secondary N) is 1.